The molecule has 1 aromatic rings. The van der Waals surface area contributed by atoms with Crippen LogP contribution in [0.3, 0.4) is 0 Å². The lowest BCUT2D eigenvalue weighted by Gasteiger charge is -2.08. The van der Waals surface area contributed by atoms with E-state index in [0.29, 0.717) is 24.1 Å². The topological polar surface area (TPSA) is 49.3 Å². The number of nitrogens with one attached hydrogen (secondary N) is 2. The molecule has 0 aromatic carbocycles. The molecule has 0 saturated carbocycles. The number of aromatic nitrogens is 1. The average Bonchev–Trinajstić information content (AvgIpc) is 2.75. The van der Waals surface area contributed by atoms with E-state index in [1.807, 2.05) is 13.8 Å². The number of aliphatic imine (C=N–C) groups is 1. The van der Waals surface area contributed by atoms with E-state index in [-0.39, 0.29) is 6.54 Å². The Hall–Kier alpha value is -1.31. The highest BCUT2D eigenvalue weighted by Crippen LogP contribution is 2.30. The summed E-state index contributed by atoms with van der Waals surface area (Å²) in [7, 11) is 0. The molecule has 2 N–H and O–H groups in total. The molecule has 0 unspecified atom stereocenters. The second-order valence-electron chi connectivity index (χ2n) is 3.35. The Morgan fingerprint density at radius 1 is 1.33 bits per heavy atom. The van der Waals surface area contributed by atoms with Gasteiger partial charge in [0.2, 0.25) is 0 Å². The minimum absolute atomic E-state index is 0.135. The quantitative estimate of drug-likeness (QED) is 0.657. The summed E-state index contributed by atoms with van der Waals surface area (Å²) >= 11 is 0.961. The van der Waals surface area contributed by atoms with Crippen molar-refractivity contribution in [2.45, 2.75) is 26.6 Å². The van der Waals surface area contributed by atoms with Gasteiger partial charge in [-0.05, 0) is 13.8 Å². The predicted octanol–water partition coefficient (Wildman–Crippen LogP) is 2.24. The first-order chi connectivity index (χ1) is 8.47. The number of guanidine groups is 1. The largest absolute Gasteiger partial charge is 0.434 e. The Bertz CT molecular complexity index is 392. The van der Waals surface area contributed by atoms with Crippen molar-refractivity contribution in [2.24, 2.45) is 4.99 Å². The number of halogens is 3. The van der Waals surface area contributed by atoms with Crippen LogP contribution in [0.1, 0.15) is 24.5 Å². The second kappa shape index (κ2) is 6.58. The van der Waals surface area contributed by atoms with Gasteiger partial charge in [0.15, 0.2) is 11.7 Å². The zero-order valence-corrected chi connectivity index (χ0v) is 11.0. The number of alkyl halides is 3. The van der Waals surface area contributed by atoms with Crippen molar-refractivity contribution in [3.05, 3.63) is 16.1 Å². The van der Waals surface area contributed by atoms with Crippen molar-refractivity contribution >= 4 is 17.3 Å². The molecule has 0 amide bonds. The maximum absolute atomic E-state index is 12.3. The number of hydrogen-bond acceptors (Lipinski definition) is 3. The minimum atomic E-state index is -4.38. The van der Waals surface area contributed by atoms with Crippen molar-refractivity contribution in [3.63, 3.8) is 0 Å². The van der Waals surface area contributed by atoms with Crippen LogP contribution in [0.4, 0.5) is 13.2 Å². The van der Waals surface area contributed by atoms with E-state index in [1.54, 1.807) is 0 Å². The van der Waals surface area contributed by atoms with Crippen LogP contribution in [0.2, 0.25) is 0 Å². The normalized spacial score (nSPS) is 11.2. The van der Waals surface area contributed by atoms with Crippen molar-refractivity contribution in [1.82, 2.24) is 15.6 Å². The van der Waals surface area contributed by atoms with Crippen LogP contribution >= 0.6 is 11.3 Å². The highest BCUT2D eigenvalue weighted by molar-refractivity contribution is 7.09. The van der Waals surface area contributed by atoms with Gasteiger partial charge in [0, 0.05) is 18.5 Å². The number of nitrogens with zero attached hydrogens (tertiary/aromatic N) is 2. The van der Waals surface area contributed by atoms with Crippen molar-refractivity contribution in [3.8, 4) is 0 Å². The van der Waals surface area contributed by atoms with Gasteiger partial charge < -0.3 is 10.6 Å². The van der Waals surface area contributed by atoms with Crippen molar-refractivity contribution in [2.75, 3.05) is 13.1 Å². The maximum Gasteiger partial charge on any atom is 0.434 e. The Morgan fingerprint density at radius 2 is 1.94 bits per heavy atom. The lowest BCUT2D eigenvalue weighted by atomic mass is 10.5. The monoisotopic (exact) mass is 280 g/mol. The molecule has 0 spiro atoms. The second-order valence-corrected chi connectivity index (χ2v) is 4.29. The van der Waals surface area contributed by atoms with Gasteiger partial charge in [0.25, 0.3) is 0 Å². The van der Waals surface area contributed by atoms with Gasteiger partial charge in [-0.15, -0.1) is 11.3 Å². The van der Waals surface area contributed by atoms with E-state index < -0.39 is 11.9 Å². The molecule has 0 atom stereocenters. The molecular weight excluding hydrogens is 265 g/mol. The highest BCUT2D eigenvalue weighted by Gasteiger charge is 2.33. The van der Waals surface area contributed by atoms with Crippen molar-refractivity contribution < 1.29 is 13.2 Å². The van der Waals surface area contributed by atoms with E-state index in [0.717, 1.165) is 16.7 Å². The molecule has 1 rings (SSSR count). The summed E-state index contributed by atoms with van der Waals surface area (Å²) in [5.74, 6) is 0.573. The van der Waals surface area contributed by atoms with Gasteiger partial charge in [-0.25, -0.2) is 9.98 Å². The van der Waals surface area contributed by atoms with Crippen LogP contribution in [-0.2, 0) is 12.7 Å². The Labute approximate surface area is 107 Å². The van der Waals surface area contributed by atoms with Gasteiger partial charge in [-0.2, -0.15) is 13.2 Å². The third-order valence-electron chi connectivity index (χ3n) is 1.90. The fraction of sp³-hybridized carbons (Fsp3) is 0.600. The minimum Gasteiger partial charge on any atom is -0.357 e. The van der Waals surface area contributed by atoms with Gasteiger partial charge in [-0.3, -0.25) is 0 Å². The van der Waals surface area contributed by atoms with Gasteiger partial charge >= 0.3 is 6.18 Å². The molecule has 0 bridgehead atoms. The Kier molecular flexibility index (Phi) is 5.39. The summed E-state index contributed by atoms with van der Waals surface area (Å²) in [4.78, 5) is 7.65. The van der Waals surface area contributed by atoms with Crippen LogP contribution in [0.15, 0.2) is 10.4 Å². The smallest absolute Gasteiger partial charge is 0.357 e. The fourth-order valence-corrected chi connectivity index (χ4v) is 1.89. The van der Waals surface area contributed by atoms with E-state index in [4.69, 9.17) is 0 Å². The summed E-state index contributed by atoms with van der Waals surface area (Å²) in [5, 5.41) is 7.32. The van der Waals surface area contributed by atoms with E-state index in [1.165, 1.54) is 0 Å². The summed E-state index contributed by atoms with van der Waals surface area (Å²) in [5.41, 5.74) is -0.855. The first kappa shape index (κ1) is 14.7. The fourth-order valence-electron chi connectivity index (χ4n) is 1.17. The van der Waals surface area contributed by atoms with Crippen LogP contribution < -0.4 is 10.6 Å². The van der Waals surface area contributed by atoms with E-state index >= 15 is 0 Å². The number of thiazole rings is 1. The standard InChI is InChI=1S/C10H15F3N4S/c1-3-14-9(15-4-2)16-5-8-17-7(6-18-8)10(11,12)13/h6H,3-5H2,1-2H3,(H2,14,15,16). The molecule has 4 nitrogen and oxygen atoms in total. The first-order valence-electron chi connectivity index (χ1n) is 5.51. The molecule has 0 aliphatic carbocycles. The number of rotatable bonds is 4. The van der Waals surface area contributed by atoms with E-state index in [9.17, 15) is 13.2 Å². The summed E-state index contributed by atoms with van der Waals surface area (Å²) in [6, 6.07) is 0. The summed E-state index contributed by atoms with van der Waals surface area (Å²) in [6.45, 7) is 5.35. The molecule has 1 aromatic heterocycles. The molecular formula is C10H15F3N4S. The van der Waals surface area contributed by atoms with Crippen LogP contribution in [-0.4, -0.2) is 24.0 Å². The van der Waals surface area contributed by atoms with Crippen molar-refractivity contribution in [1.29, 1.82) is 0 Å². The SMILES string of the molecule is CCNC(=NCc1nc(C(F)(F)F)cs1)NCC. The Morgan fingerprint density at radius 3 is 2.39 bits per heavy atom. The van der Waals surface area contributed by atoms with E-state index in [2.05, 4.69) is 20.6 Å². The zero-order chi connectivity index (χ0) is 13.6. The lowest BCUT2D eigenvalue weighted by molar-refractivity contribution is -0.140. The highest BCUT2D eigenvalue weighted by atomic mass is 32.1. The number of hydrogen-bond donors (Lipinski definition) is 2. The zero-order valence-electron chi connectivity index (χ0n) is 10.1. The molecule has 1 heterocycles. The third kappa shape index (κ3) is 4.52. The predicted molar refractivity (Wildman–Crippen MR) is 65.6 cm³/mol. The molecule has 0 aliphatic rings. The summed E-state index contributed by atoms with van der Waals surface area (Å²) in [6.07, 6.45) is -4.38. The van der Waals surface area contributed by atoms with Crippen LogP contribution in [0.25, 0.3) is 0 Å². The third-order valence-corrected chi connectivity index (χ3v) is 2.74. The first-order valence-corrected chi connectivity index (χ1v) is 6.39. The lowest BCUT2D eigenvalue weighted by Crippen LogP contribution is -2.36. The maximum atomic E-state index is 12.3. The van der Waals surface area contributed by atoms with Gasteiger partial charge in [0.1, 0.15) is 5.01 Å². The average molecular weight is 280 g/mol. The van der Waals surface area contributed by atoms with Crippen LogP contribution in [0.5, 0.6) is 0 Å². The molecule has 0 radical (unpaired) electrons. The summed E-state index contributed by atoms with van der Waals surface area (Å²) < 4.78 is 37.0. The van der Waals surface area contributed by atoms with Crippen LogP contribution in [0, 0.1) is 0 Å². The molecule has 8 heteroatoms. The van der Waals surface area contributed by atoms with Gasteiger partial charge in [0.05, 0.1) is 6.54 Å². The molecule has 0 saturated heterocycles. The molecule has 102 valence electrons. The van der Waals surface area contributed by atoms with Gasteiger partial charge in [-0.1, -0.05) is 0 Å². The molecule has 18 heavy (non-hydrogen) atoms. The Balaban J connectivity index is 2.66. The molecule has 0 fully saturated rings. The molecule has 0 aliphatic heterocycles.